The lowest BCUT2D eigenvalue weighted by Gasteiger charge is -2.16. The normalized spacial score (nSPS) is 20.1. The lowest BCUT2D eigenvalue weighted by molar-refractivity contribution is -0.385. The van der Waals surface area contributed by atoms with Crippen LogP contribution in [0.1, 0.15) is 18.9 Å². The molecule has 16 heavy (non-hydrogen) atoms. The second kappa shape index (κ2) is 4.08. The number of rotatable bonds is 2. The summed E-state index contributed by atoms with van der Waals surface area (Å²) in [5.41, 5.74) is 0.769. The minimum Gasteiger partial charge on any atom is -0.356 e. The van der Waals surface area contributed by atoms with E-state index in [2.05, 4.69) is 16.8 Å². The highest BCUT2D eigenvalue weighted by molar-refractivity contribution is 5.49. The molecule has 1 aliphatic heterocycles. The van der Waals surface area contributed by atoms with Crippen molar-refractivity contribution in [2.24, 2.45) is 5.92 Å². The summed E-state index contributed by atoms with van der Waals surface area (Å²) in [6.07, 6.45) is 2.52. The molecule has 1 aromatic heterocycles. The third kappa shape index (κ3) is 1.98. The van der Waals surface area contributed by atoms with Gasteiger partial charge in [0.1, 0.15) is 12.0 Å². The third-order valence-electron chi connectivity index (χ3n) is 3.01. The molecule has 5 heteroatoms. The molecular formula is C11H15N3O2. The molecule has 2 rings (SSSR count). The van der Waals surface area contributed by atoms with Crippen LogP contribution in [0.2, 0.25) is 0 Å². The molecule has 1 fully saturated rings. The molecule has 0 radical (unpaired) electrons. The first-order valence-corrected chi connectivity index (χ1v) is 5.44. The molecule has 86 valence electrons. The maximum Gasteiger partial charge on any atom is 0.290 e. The second-order valence-electron chi connectivity index (χ2n) is 4.43. The first-order valence-electron chi connectivity index (χ1n) is 5.44. The standard InChI is InChI=1S/C11H15N3O2/c1-8-3-4-13(7-8)11-5-9(2)10(6-12-11)14(15)16/h5-6,8H,3-4,7H2,1-2H3. The highest BCUT2D eigenvalue weighted by Crippen LogP contribution is 2.25. The Hall–Kier alpha value is -1.65. The van der Waals surface area contributed by atoms with Crippen LogP contribution in [0.4, 0.5) is 11.5 Å². The quantitative estimate of drug-likeness (QED) is 0.567. The van der Waals surface area contributed by atoms with Crippen molar-refractivity contribution in [3.63, 3.8) is 0 Å². The molecule has 1 saturated heterocycles. The summed E-state index contributed by atoms with van der Waals surface area (Å²) in [5, 5.41) is 10.7. The predicted molar refractivity (Wildman–Crippen MR) is 61.6 cm³/mol. The molecule has 0 amide bonds. The van der Waals surface area contributed by atoms with Crippen LogP contribution in [-0.4, -0.2) is 23.0 Å². The van der Waals surface area contributed by atoms with E-state index in [9.17, 15) is 10.1 Å². The lowest BCUT2D eigenvalue weighted by atomic mass is 10.2. The van der Waals surface area contributed by atoms with Crippen molar-refractivity contribution in [2.45, 2.75) is 20.3 Å². The number of nitro groups is 1. The summed E-state index contributed by atoms with van der Waals surface area (Å²) in [5.74, 6) is 1.53. The van der Waals surface area contributed by atoms with E-state index < -0.39 is 4.92 Å². The van der Waals surface area contributed by atoms with E-state index in [4.69, 9.17) is 0 Å². The van der Waals surface area contributed by atoms with Crippen LogP contribution >= 0.6 is 0 Å². The van der Waals surface area contributed by atoms with Crippen LogP contribution in [0.5, 0.6) is 0 Å². The van der Waals surface area contributed by atoms with Gasteiger partial charge in [-0.2, -0.15) is 0 Å². The fraction of sp³-hybridized carbons (Fsp3) is 0.545. The number of aromatic nitrogens is 1. The summed E-state index contributed by atoms with van der Waals surface area (Å²) in [6.45, 7) is 5.94. The first-order chi connectivity index (χ1) is 7.58. The van der Waals surface area contributed by atoms with Gasteiger partial charge in [-0.3, -0.25) is 10.1 Å². The van der Waals surface area contributed by atoms with E-state index in [0.29, 0.717) is 11.5 Å². The number of nitrogens with zero attached hydrogens (tertiary/aromatic N) is 3. The first kappa shape index (κ1) is 10.9. The summed E-state index contributed by atoms with van der Waals surface area (Å²) in [4.78, 5) is 16.6. The third-order valence-corrected chi connectivity index (χ3v) is 3.01. The highest BCUT2D eigenvalue weighted by Gasteiger charge is 2.21. The molecule has 0 saturated carbocycles. The van der Waals surface area contributed by atoms with Crippen LogP contribution in [0.15, 0.2) is 12.3 Å². The van der Waals surface area contributed by atoms with Crippen LogP contribution in [0, 0.1) is 23.0 Å². The van der Waals surface area contributed by atoms with Crippen LogP contribution in [-0.2, 0) is 0 Å². The SMILES string of the molecule is Cc1cc(N2CCC(C)C2)ncc1[N+](=O)[O-]. The van der Waals surface area contributed by atoms with Crippen molar-refractivity contribution < 1.29 is 4.92 Å². The molecule has 0 N–H and O–H groups in total. The molecular weight excluding hydrogens is 206 g/mol. The smallest absolute Gasteiger partial charge is 0.290 e. The van der Waals surface area contributed by atoms with Gasteiger partial charge in [-0.15, -0.1) is 0 Å². The molecule has 0 aromatic carbocycles. The van der Waals surface area contributed by atoms with Gasteiger partial charge >= 0.3 is 0 Å². The molecule has 5 nitrogen and oxygen atoms in total. The number of hydrogen-bond donors (Lipinski definition) is 0. The zero-order chi connectivity index (χ0) is 11.7. The molecule has 1 unspecified atom stereocenters. The van der Waals surface area contributed by atoms with Gasteiger partial charge < -0.3 is 4.90 Å². The zero-order valence-corrected chi connectivity index (χ0v) is 9.51. The largest absolute Gasteiger partial charge is 0.356 e. The summed E-state index contributed by atoms with van der Waals surface area (Å²) < 4.78 is 0. The highest BCUT2D eigenvalue weighted by atomic mass is 16.6. The molecule has 1 aromatic rings. The van der Waals surface area contributed by atoms with E-state index in [1.807, 2.05) is 0 Å². The predicted octanol–water partition coefficient (Wildman–Crippen LogP) is 2.14. The van der Waals surface area contributed by atoms with Gasteiger partial charge in [-0.1, -0.05) is 6.92 Å². The van der Waals surface area contributed by atoms with Gasteiger partial charge in [-0.05, 0) is 25.3 Å². The summed E-state index contributed by atoms with van der Waals surface area (Å²) >= 11 is 0. The van der Waals surface area contributed by atoms with E-state index in [1.165, 1.54) is 6.20 Å². The van der Waals surface area contributed by atoms with E-state index in [-0.39, 0.29) is 5.69 Å². The van der Waals surface area contributed by atoms with Crippen molar-refractivity contribution >= 4 is 11.5 Å². The van der Waals surface area contributed by atoms with Gasteiger partial charge in [0.2, 0.25) is 0 Å². The monoisotopic (exact) mass is 221 g/mol. The Labute approximate surface area is 94.2 Å². The van der Waals surface area contributed by atoms with Gasteiger partial charge in [-0.25, -0.2) is 4.98 Å². The Kier molecular flexibility index (Phi) is 2.77. The number of anilines is 1. The van der Waals surface area contributed by atoms with Crippen LogP contribution < -0.4 is 4.90 Å². The molecule has 0 spiro atoms. The van der Waals surface area contributed by atoms with E-state index in [0.717, 1.165) is 25.3 Å². The summed E-state index contributed by atoms with van der Waals surface area (Å²) in [7, 11) is 0. The lowest BCUT2D eigenvalue weighted by Crippen LogP contribution is -2.20. The van der Waals surface area contributed by atoms with Crippen molar-refractivity contribution in [1.29, 1.82) is 0 Å². The van der Waals surface area contributed by atoms with Crippen molar-refractivity contribution in [1.82, 2.24) is 4.98 Å². The van der Waals surface area contributed by atoms with Crippen LogP contribution in [0.3, 0.4) is 0 Å². The second-order valence-corrected chi connectivity index (χ2v) is 4.43. The number of hydrogen-bond acceptors (Lipinski definition) is 4. The van der Waals surface area contributed by atoms with Crippen molar-refractivity contribution in [2.75, 3.05) is 18.0 Å². The van der Waals surface area contributed by atoms with Gasteiger partial charge in [0.15, 0.2) is 0 Å². The van der Waals surface area contributed by atoms with Crippen LogP contribution in [0.25, 0.3) is 0 Å². The topological polar surface area (TPSA) is 59.3 Å². The fourth-order valence-corrected chi connectivity index (χ4v) is 2.04. The molecule has 0 aliphatic carbocycles. The average Bonchev–Trinajstić information content (AvgIpc) is 2.64. The van der Waals surface area contributed by atoms with Gasteiger partial charge in [0, 0.05) is 18.7 Å². The van der Waals surface area contributed by atoms with Gasteiger partial charge in [0.25, 0.3) is 5.69 Å². The Morgan fingerprint density at radius 2 is 2.38 bits per heavy atom. The number of aryl methyl sites for hydroxylation is 1. The molecule has 1 atom stereocenters. The molecule has 2 heterocycles. The van der Waals surface area contributed by atoms with E-state index >= 15 is 0 Å². The zero-order valence-electron chi connectivity index (χ0n) is 9.51. The Bertz CT molecular complexity index is 420. The maximum absolute atomic E-state index is 10.7. The fourth-order valence-electron chi connectivity index (χ4n) is 2.04. The van der Waals surface area contributed by atoms with E-state index in [1.54, 1.807) is 13.0 Å². The van der Waals surface area contributed by atoms with Crippen molar-refractivity contribution in [3.05, 3.63) is 27.9 Å². The Morgan fingerprint density at radius 1 is 1.62 bits per heavy atom. The number of pyridine rings is 1. The van der Waals surface area contributed by atoms with Crippen molar-refractivity contribution in [3.8, 4) is 0 Å². The Morgan fingerprint density at radius 3 is 2.88 bits per heavy atom. The van der Waals surface area contributed by atoms with Gasteiger partial charge in [0.05, 0.1) is 4.92 Å². The average molecular weight is 221 g/mol. The minimum absolute atomic E-state index is 0.0935. The molecule has 0 bridgehead atoms. The minimum atomic E-state index is -0.390. The maximum atomic E-state index is 10.7. The Balaban J connectivity index is 2.24. The summed E-state index contributed by atoms with van der Waals surface area (Å²) in [6, 6.07) is 1.80. The molecule has 1 aliphatic rings.